The Kier molecular flexibility index (Phi) is 8.64. The molecule has 0 amide bonds. The second-order valence-corrected chi connectivity index (χ2v) is 7.33. The van der Waals surface area contributed by atoms with Gasteiger partial charge in [-0.15, -0.1) is 0 Å². The van der Waals surface area contributed by atoms with E-state index in [1.54, 1.807) is 0 Å². The third kappa shape index (κ3) is 7.89. The highest BCUT2D eigenvalue weighted by Crippen LogP contribution is 2.07. The van der Waals surface area contributed by atoms with E-state index in [-0.39, 0.29) is 5.78 Å². The van der Waals surface area contributed by atoms with E-state index in [0.29, 0.717) is 12.8 Å². The van der Waals surface area contributed by atoms with Crippen LogP contribution in [0, 0.1) is 0 Å². The van der Waals surface area contributed by atoms with Crippen LogP contribution in [0.1, 0.15) is 22.3 Å². The van der Waals surface area contributed by atoms with Gasteiger partial charge in [-0.05, 0) is 35.1 Å². The van der Waals surface area contributed by atoms with E-state index in [9.17, 15) is 4.79 Å². The highest BCUT2D eigenvalue weighted by atomic mass is 16.1. The summed E-state index contributed by atoms with van der Waals surface area (Å²) in [7, 11) is 0. The lowest BCUT2D eigenvalue weighted by molar-refractivity contribution is -0.117. The molecule has 0 aliphatic rings. The van der Waals surface area contributed by atoms with Crippen LogP contribution >= 0.6 is 0 Å². The number of rotatable bonds is 7. The minimum Gasteiger partial charge on any atom is -0.299 e. The molecule has 0 aliphatic heterocycles. The largest absolute Gasteiger partial charge is 0.299 e. The van der Waals surface area contributed by atoms with Crippen molar-refractivity contribution in [3.8, 4) is 0 Å². The summed E-state index contributed by atoms with van der Waals surface area (Å²) in [6, 6.07) is 41.0. The molecule has 0 fully saturated rings. The van der Waals surface area contributed by atoms with Crippen molar-refractivity contribution in [1.29, 1.82) is 0 Å². The first-order valence-electron chi connectivity index (χ1n) is 10.5. The molecule has 1 heteroatoms. The van der Waals surface area contributed by atoms with Crippen LogP contribution < -0.4 is 0 Å². The van der Waals surface area contributed by atoms with Gasteiger partial charge in [0.15, 0.2) is 0 Å². The van der Waals surface area contributed by atoms with Crippen LogP contribution in [-0.4, -0.2) is 5.78 Å². The average molecular weight is 393 g/mol. The van der Waals surface area contributed by atoms with Crippen molar-refractivity contribution >= 4 is 5.78 Å². The zero-order chi connectivity index (χ0) is 20.9. The fourth-order valence-electron chi connectivity index (χ4n) is 3.29. The number of hydrogen-bond acceptors (Lipinski definition) is 1. The van der Waals surface area contributed by atoms with Crippen molar-refractivity contribution in [2.24, 2.45) is 0 Å². The molecule has 0 radical (unpaired) electrons. The molecule has 0 aliphatic carbocycles. The van der Waals surface area contributed by atoms with Gasteiger partial charge in [-0.2, -0.15) is 0 Å². The van der Waals surface area contributed by atoms with E-state index in [1.807, 2.05) is 60.7 Å². The van der Waals surface area contributed by atoms with Crippen LogP contribution in [0.4, 0.5) is 0 Å². The van der Waals surface area contributed by atoms with Gasteiger partial charge in [0, 0.05) is 12.8 Å². The lowest BCUT2D eigenvalue weighted by Crippen LogP contribution is -2.06. The lowest BCUT2D eigenvalue weighted by atomic mass is 10.0. The van der Waals surface area contributed by atoms with Crippen molar-refractivity contribution in [2.75, 3.05) is 0 Å². The molecule has 1 nitrogen and oxygen atoms in total. The molecular formula is C29H28O. The van der Waals surface area contributed by atoms with Crippen molar-refractivity contribution in [3.05, 3.63) is 144 Å². The van der Waals surface area contributed by atoms with Gasteiger partial charge >= 0.3 is 0 Å². The molecule has 0 saturated carbocycles. The normalized spacial score (nSPS) is 10.0. The Labute approximate surface area is 180 Å². The van der Waals surface area contributed by atoms with E-state index in [1.165, 1.54) is 11.1 Å². The SMILES string of the molecule is O=C(Cc1ccccc1)Cc1ccccc1.c1ccc(CCc2ccccc2)cc1. The summed E-state index contributed by atoms with van der Waals surface area (Å²) in [5.41, 5.74) is 5.00. The third-order valence-electron chi connectivity index (χ3n) is 4.88. The van der Waals surface area contributed by atoms with Crippen molar-refractivity contribution in [3.63, 3.8) is 0 Å². The van der Waals surface area contributed by atoms with Gasteiger partial charge in [-0.3, -0.25) is 4.79 Å². The van der Waals surface area contributed by atoms with Crippen LogP contribution in [-0.2, 0) is 30.5 Å². The van der Waals surface area contributed by atoms with Gasteiger partial charge in [0.25, 0.3) is 0 Å². The van der Waals surface area contributed by atoms with E-state index in [0.717, 1.165) is 24.0 Å². The van der Waals surface area contributed by atoms with E-state index in [4.69, 9.17) is 0 Å². The highest BCUT2D eigenvalue weighted by molar-refractivity contribution is 5.83. The molecule has 4 aromatic rings. The van der Waals surface area contributed by atoms with Crippen LogP contribution in [0.15, 0.2) is 121 Å². The number of aryl methyl sites for hydroxylation is 2. The maximum atomic E-state index is 11.8. The number of hydrogen-bond donors (Lipinski definition) is 0. The van der Waals surface area contributed by atoms with Crippen LogP contribution in [0.3, 0.4) is 0 Å². The quantitative estimate of drug-likeness (QED) is 0.350. The van der Waals surface area contributed by atoms with Crippen molar-refractivity contribution < 1.29 is 4.79 Å². The summed E-state index contributed by atoms with van der Waals surface area (Å²) in [5, 5.41) is 0. The summed E-state index contributed by atoms with van der Waals surface area (Å²) in [6.07, 6.45) is 3.31. The number of ketones is 1. The Morgan fingerprint density at radius 2 is 0.667 bits per heavy atom. The van der Waals surface area contributed by atoms with Gasteiger partial charge in [0.1, 0.15) is 5.78 Å². The summed E-state index contributed by atoms with van der Waals surface area (Å²) in [5.74, 6) is 0.261. The summed E-state index contributed by atoms with van der Waals surface area (Å²) in [6.45, 7) is 0. The Morgan fingerprint density at radius 3 is 0.967 bits per heavy atom. The third-order valence-corrected chi connectivity index (χ3v) is 4.88. The maximum Gasteiger partial charge on any atom is 0.141 e. The number of Topliss-reactive ketones (excluding diaryl/α,β-unsaturated/α-hetero) is 1. The molecule has 0 aromatic heterocycles. The first-order valence-corrected chi connectivity index (χ1v) is 10.5. The minimum absolute atomic E-state index is 0.261. The van der Waals surface area contributed by atoms with Crippen LogP contribution in [0.2, 0.25) is 0 Å². The van der Waals surface area contributed by atoms with E-state index in [2.05, 4.69) is 60.7 Å². The van der Waals surface area contributed by atoms with Crippen molar-refractivity contribution in [1.82, 2.24) is 0 Å². The van der Waals surface area contributed by atoms with Gasteiger partial charge in [0.2, 0.25) is 0 Å². The summed E-state index contributed by atoms with van der Waals surface area (Å²) in [4.78, 5) is 11.8. The number of carbonyl (C=O) groups is 1. The lowest BCUT2D eigenvalue weighted by Gasteiger charge is -2.01. The summed E-state index contributed by atoms with van der Waals surface area (Å²) < 4.78 is 0. The highest BCUT2D eigenvalue weighted by Gasteiger charge is 2.04. The number of benzene rings is 4. The molecule has 0 N–H and O–H groups in total. The van der Waals surface area contributed by atoms with E-state index >= 15 is 0 Å². The van der Waals surface area contributed by atoms with Crippen LogP contribution in [0.5, 0.6) is 0 Å². The molecular weight excluding hydrogens is 364 g/mol. The predicted molar refractivity (Wildman–Crippen MR) is 126 cm³/mol. The second-order valence-electron chi connectivity index (χ2n) is 7.33. The molecule has 0 saturated heterocycles. The molecule has 30 heavy (non-hydrogen) atoms. The molecule has 0 bridgehead atoms. The second kappa shape index (κ2) is 12.2. The Balaban J connectivity index is 0.000000172. The molecule has 0 unspecified atom stereocenters. The van der Waals surface area contributed by atoms with Gasteiger partial charge in [-0.1, -0.05) is 121 Å². The monoisotopic (exact) mass is 392 g/mol. The Bertz CT molecular complexity index is 894. The molecule has 0 spiro atoms. The first kappa shape index (κ1) is 21.3. The van der Waals surface area contributed by atoms with E-state index < -0.39 is 0 Å². The molecule has 150 valence electrons. The first-order chi connectivity index (χ1) is 14.8. The fourth-order valence-corrected chi connectivity index (χ4v) is 3.29. The fraction of sp³-hybridized carbons (Fsp3) is 0.138. The van der Waals surface area contributed by atoms with Gasteiger partial charge in [-0.25, -0.2) is 0 Å². The zero-order valence-electron chi connectivity index (χ0n) is 17.3. The minimum atomic E-state index is 0.261. The molecule has 0 atom stereocenters. The molecule has 4 aromatic carbocycles. The van der Waals surface area contributed by atoms with Gasteiger partial charge < -0.3 is 0 Å². The van der Waals surface area contributed by atoms with Gasteiger partial charge in [0.05, 0.1) is 0 Å². The zero-order valence-corrected chi connectivity index (χ0v) is 17.3. The standard InChI is InChI=1S/C15H14O.C14H14/c16-15(11-13-7-3-1-4-8-13)12-14-9-5-2-6-10-14;1-3-7-13(8-4-1)11-12-14-9-5-2-6-10-14/h1-10H,11-12H2;1-10H,11-12H2. The smallest absolute Gasteiger partial charge is 0.141 e. The predicted octanol–water partition coefficient (Wildman–Crippen LogP) is 6.51. The topological polar surface area (TPSA) is 17.1 Å². The Morgan fingerprint density at radius 1 is 0.400 bits per heavy atom. The molecule has 0 heterocycles. The average Bonchev–Trinajstić information content (AvgIpc) is 2.81. The maximum absolute atomic E-state index is 11.8. The summed E-state index contributed by atoms with van der Waals surface area (Å²) >= 11 is 0. The van der Waals surface area contributed by atoms with Crippen molar-refractivity contribution in [2.45, 2.75) is 25.7 Å². The number of carbonyl (C=O) groups excluding carboxylic acids is 1. The Hall–Kier alpha value is -3.45. The van der Waals surface area contributed by atoms with Crippen LogP contribution in [0.25, 0.3) is 0 Å². The molecule has 4 rings (SSSR count).